The first kappa shape index (κ1) is 7.82. The Hall–Kier alpha value is -1.81. The minimum atomic E-state index is -0.255. The molecular formula is C12H6F. The topological polar surface area (TPSA) is 0 Å². The summed E-state index contributed by atoms with van der Waals surface area (Å²) < 4.78 is 13.2. The van der Waals surface area contributed by atoms with E-state index in [1.54, 1.807) is 24.3 Å². The van der Waals surface area contributed by atoms with Gasteiger partial charge in [0.05, 0.1) is 0 Å². The second kappa shape index (κ2) is 2.91. The van der Waals surface area contributed by atoms with Crippen LogP contribution in [0.15, 0.2) is 36.4 Å². The van der Waals surface area contributed by atoms with Crippen molar-refractivity contribution in [1.82, 2.24) is 0 Å². The fourth-order valence-electron chi connectivity index (χ4n) is 1.37. The third-order valence-electron chi connectivity index (χ3n) is 2.01. The van der Waals surface area contributed by atoms with E-state index >= 15 is 0 Å². The van der Waals surface area contributed by atoms with Crippen molar-refractivity contribution >= 4 is 10.8 Å². The van der Waals surface area contributed by atoms with E-state index in [4.69, 9.17) is 6.42 Å². The lowest BCUT2D eigenvalue weighted by Gasteiger charge is -2.00. The highest BCUT2D eigenvalue weighted by atomic mass is 19.1. The van der Waals surface area contributed by atoms with Gasteiger partial charge in [0.2, 0.25) is 0 Å². The molecule has 0 fully saturated rings. The van der Waals surface area contributed by atoms with Gasteiger partial charge < -0.3 is 0 Å². The van der Waals surface area contributed by atoms with Gasteiger partial charge in [-0.15, -0.1) is 0 Å². The summed E-state index contributed by atoms with van der Waals surface area (Å²) in [5, 5.41) is 1.28. The summed E-state index contributed by atoms with van der Waals surface area (Å²) >= 11 is 0. The second-order valence-electron chi connectivity index (χ2n) is 2.77. The number of benzene rings is 2. The Morgan fingerprint density at radius 3 is 2.38 bits per heavy atom. The standard InChI is InChI=1S/C12H6F/c1-2-9-7-8-12(13)11-6-4-3-5-10(9)11/h3-8H. The number of fused-ring (bicyclic) bond motifs is 1. The molecule has 0 saturated heterocycles. The lowest BCUT2D eigenvalue weighted by Crippen LogP contribution is -1.83. The zero-order valence-electron chi connectivity index (χ0n) is 6.84. The van der Waals surface area contributed by atoms with Gasteiger partial charge in [0, 0.05) is 16.3 Å². The molecule has 0 atom stereocenters. The van der Waals surface area contributed by atoms with E-state index in [2.05, 4.69) is 5.92 Å². The summed E-state index contributed by atoms with van der Waals surface area (Å²) in [6.07, 6.45) is 7.02. The third-order valence-corrected chi connectivity index (χ3v) is 2.01. The van der Waals surface area contributed by atoms with Crippen molar-refractivity contribution in [3.8, 4) is 5.92 Å². The first-order valence-electron chi connectivity index (χ1n) is 3.93. The molecule has 0 spiro atoms. The second-order valence-corrected chi connectivity index (χ2v) is 2.77. The van der Waals surface area contributed by atoms with Gasteiger partial charge in [-0.3, -0.25) is 0 Å². The monoisotopic (exact) mass is 169 g/mol. The molecule has 13 heavy (non-hydrogen) atoms. The van der Waals surface area contributed by atoms with Gasteiger partial charge in [0.15, 0.2) is 0 Å². The molecular weight excluding hydrogens is 163 g/mol. The van der Waals surface area contributed by atoms with Gasteiger partial charge in [-0.05, 0) is 18.6 Å². The SMILES string of the molecule is [C]#Cc1ccc(F)c2ccccc12. The van der Waals surface area contributed by atoms with E-state index in [0.717, 1.165) is 5.39 Å². The van der Waals surface area contributed by atoms with E-state index in [1.165, 1.54) is 6.07 Å². The van der Waals surface area contributed by atoms with Crippen LogP contribution in [-0.2, 0) is 0 Å². The van der Waals surface area contributed by atoms with Crippen LogP contribution < -0.4 is 0 Å². The van der Waals surface area contributed by atoms with Crippen LogP contribution in [0.2, 0.25) is 0 Å². The lowest BCUT2D eigenvalue weighted by molar-refractivity contribution is 0.640. The Labute approximate surface area is 76.0 Å². The fraction of sp³-hybridized carbons (Fsp3) is 0. The van der Waals surface area contributed by atoms with Crippen molar-refractivity contribution in [2.24, 2.45) is 0 Å². The maximum absolute atomic E-state index is 13.2. The lowest BCUT2D eigenvalue weighted by atomic mass is 10.0. The minimum absolute atomic E-state index is 0.255. The molecule has 2 aromatic carbocycles. The van der Waals surface area contributed by atoms with Crippen molar-refractivity contribution in [2.75, 3.05) is 0 Å². The Kier molecular flexibility index (Phi) is 1.75. The molecule has 0 aliphatic rings. The summed E-state index contributed by atoms with van der Waals surface area (Å²) in [4.78, 5) is 0. The van der Waals surface area contributed by atoms with E-state index in [0.29, 0.717) is 10.9 Å². The molecule has 1 radical (unpaired) electrons. The molecule has 0 amide bonds. The quantitative estimate of drug-likeness (QED) is 0.532. The highest BCUT2D eigenvalue weighted by molar-refractivity contribution is 5.88. The average Bonchev–Trinajstić information content (AvgIpc) is 2.19. The smallest absolute Gasteiger partial charge is 0.131 e. The van der Waals surface area contributed by atoms with E-state index in [1.807, 2.05) is 6.07 Å². The fourth-order valence-corrected chi connectivity index (χ4v) is 1.37. The molecule has 0 aliphatic heterocycles. The van der Waals surface area contributed by atoms with E-state index < -0.39 is 0 Å². The van der Waals surface area contributed by atoms with Crippen LogP contribution in [0.3, 0.4) is 0 Å². The van der Waals surface area contributed by atoms with Crippen LogP contribution in [0.1, 0.15) is 5.56 Å². The zero-order chi connectivity index (χ0) is 9.26. The average molecular weight is 169 g/mol. The van der Waals surface area contributed by atoms with Gasteiger partial charge >= 0.3 is 0 Å². The molecule has 0 aromatic heterocycles. The van der Waals surface area contributed by atoms with Crippen molar-refractivity contribution < 1.29 is 4.39 Å². The first-order valence-corrected chi connectivity index (χ1v) is 3.93. The predicted molar refractivity (Wildman–Crippen MR) is 50.1 cm³/mol. The van der Waals surface area contributed by atoms with Gasteiger partial charge in [-0.2, -0.15) is 0 Å². The summed E-state index contributed by atoms with van der Waals surface area (Å²) in [6.45, 7) is 0. The summed E-state index contributed by atoms with van der Waals surface area (Å²) in [7, 11) is 0. The third kappa shape index (κ3) is 1.17. The zero-order valence-corrected chi connectivity index (χ0v) is 6.84. The Bertz CT molecular complexity index is 492. The Morgan fingerprint density at radius 1 is 1.00 bits per heavy atom. The number of hydrogen-bond donors (Lipinski definition) is 0. The molecule has 0 unspecified atom stereocenters. The summed E-state index contributed by atoms with van der Waals surface area (Å²) in [5.74, 6) is 2.03. The van der Waals surface area contributed by atoms with Crippen LogP contribution in [0, 0.1) is 18.2 Å². The van der Waals surface area contributed by atoms with Gasteiger partial charge in [0.1, 0.15) is 5.82 Å². The van der Waals surface area contributed by atoms with Crippen molar-refractivity contribution in [3.63, 3.8) is 0 Å². The van der Waals surface area contributed by atoms with Gasteiger partial charge in [-0.1, -0.05) is 30.2 Å². The van der Waals surface area contributed by atoms with Crippen LogP contribution >= 0.6 is 0 Å². The molecule has 61 valence electrons. The van der Waals surface area contributed by atoms with Crippen LogP contribution in [0.4, 0.5) is 4.39 Å². The molecule has 2 aromatic rings. The number of halogens is 1. The van der Waals surface area contributed by atoms with E-state index in [-0.39, 0.29) is 5.82 Å². The molecule has 0 bridgehead atoms. The predicted octanol–water partition coefficient (Wildman–Crippen LogP) is 2.92. The minimum Gasteiger partial charge on any atom is -0.206 e. The van der Waals surface area contributed by atoms with Crippen LogP contribution in [0.5, 0.6) is 0 Å². The molecule has 0 aliphatic carbocycles. The Balaban J connectivity index is 2.95. The molecule has 0 N–H and O–H groups in total. The largest absolute Gasteiger partial charge is 0.206 e. The summed E-state index contributed by atoms with van der Waals surface area (Å²) in [6, 6.07) is 10.0. The highest BCUT2D eigenvalue weighted by Gasteiger charge is 2.02. The molecule has 0 saturated carbocycles. The highest BCUT2D eigenvalue weighted by Crippen LogP contribution is 2.20. The van der Waals surface area contributed by atoms with Crippen LogP contribution in [-0.4, -0.2) is 0 Å². The normalized spacial score (nSPS) is 9.85. The maximum atomic E-state index is 13.2. The maximum Gasteiger partial charge on any atom is 0.131 e. The van der Waals surface area contributed by atoms with Crippen LogP contribution in [0.25, 0.3) is 10.8 Å². The molecule has 0 nitrogen and oxygen atoms in total. The van der Waals surface area contributed by atoms with Crippen molar-refractivity contribution in [1.29, 1.82) is 0 Å². The molecule has 1 heteroatoms. The molecule has 2 rings (SSSR count). The van der Waals surface area contributed by atoms with Crippen molar-refractivity contribution in [3.05, 3.63) is 54.2 Å². The van der Waals surface area contributed by atoms with Gasteiger partial charge in [-0.25, -0.2) is 4.39 Å². The van der Waals surface area contributed by atoms with Gasteiger partial charge in [0.25, 0.3) is 0 Å². The Morgan fingerprint density at radius 2 is 1.69 bits per heavy atom. The number of hydrogen-bond acceptors (Lipinski definition) is 0. The number of rotatable bonds is 0. The first-order chi connectivity index (χ1) is 6.33. The van der Waals surface area contributed by atoms with Crippen molar-refractivity contribution in [2.45, 2.75) is 0 Å². The summed E-state index contributed by atoms with van der Waals surface area (Å²) in [5.41, 5.74) is 0.622. The molecule has 0 heterocycles. The van der Waals surface area contributed by atoms with E-state index in [9.17, 15) is 4.39 Å².